The van der Waals surface area contributed by atoms with Crippen LogP contribution in [-0.2, 0) is 15.6 Å². The summed E-state index contributed by atoms with van der Waals surface area (Å²) in [7, 11) is -1.00. The second-order valence-electron chi connectivity index (χ2n) is 2.10. The third-order valence-corrected chi connectivity index (χ3v) is 1.78. The zero-order valence-corrected chi connectivity index (χ0v) is 6.56. The first-order chi connectivity index (χ1) is 4.52. The molecule has 0 bridgehead atoms. The van der Waals surface area contributed by atoms with Gasteiger partial charge in [-0.15, -0.1) is 0 Å². The lowest BCUT2D eigenvalue weighted by Crippen LogP contribution is -2.29. The van der Waals surface area contributed by atoms with Crippen molar-refractivity contribution in [3.63, 3.8) is 0 Å². The second-order valence-corrected chi connectivity index (χ2v) is 3.58. The van der Waals surface area contributed by atoms with E-state index in [1.54, 1.807) is 0 Å². The Hall–Kier alpha value is -0.420. The van der Waals surface area contributed by atoms with E-state index >= 15 is 0 Å². The molecule has 2 atom stereocenters. The van der Waals surface area contributed by atoms with Crippen LogP contribution in [0.5, 0.6) is 0 Å². The van der Waals surface area contributed by atoms with Crippen LogP contribution in [0.2, 0.25) is 0 Å². The van der Waals surface area contributed by atoms with E-state index in [2.05, 4.69) is 0 Å². The largest absolute Gasteiger partial charge is 0.481 e. The molecule has 0 radical (unpaired) electrons. The summed E-state index contributed by atoms with van der Waals surface area (Å²) in [5.41, 5.74) is 5.30. The van der Waals surface area contributed by atoms with Crippen molar-refractivity contribution in [3.05, 3.63) is 0 Å². The van der Waals surface area contributed by atoms with Gasteiger partial charge in [-0.2, -0.15) is 0 Å². The van der Waals surface area contributed by atoms with Crippen molar-refractivity contribution in [1.82, 2.24) is 0 Å². The molecule has 0 aromatic heterocycles. The zero-order chi connectivity index (χ0) is 8.15. The van der Waals surface area contributed by atoms with Gasteiger partial charge in [0.25, 0.3) is 0 Å². The third kappa shape index (κ3) is 5.71. The van der Waals surface area contributed by atoms with Gasteiger partial charge in [0.15, 0.2) is 0 Å². The summed E-state index contributed by atoms with van der Waals surface area (Å²) >= 11 is 0. The van der Waals surface area contributed by atoms with E-state index in [1.165, 1.54) is 6.26 Å². The molecule has 0 spiro atoms. The van der Waals surface area contributed by atoms with Crippen LogP contribution >= 0.6 is 0 Å². The Kier molecular flexibility index (Phi) is 4.22. The summed E-state index contributed by atoms with van der Waals surface area (Å²) in [5, 5.41) is 8.22. The molecule has 0 aromatic rings. The van der Waals surface area contributed by atoms with Crippen molar-refractivity contribution in [1.29, 1.82) is 0 Å². The molecule has 0 saturated carbocycles. The highest BCUT2D eigenvalue weighted by Gasteiger charge is 2.08. The fourth-order valence-corrected chi connectivity index (χ4v) is 1.31. The Balaban J connectivity index is 3.53. The van der Waals surface area contributed by atoms with E-state index in [9.17, 15) is 9.00 Å². The summed E-state index contributed by atoms with van der Waals surface area (Å²) in [6.07, 6.45) is 1.39. The summed E-state index contributed by atoms with van der Waals surface area (Å²) in [4.78, 5) is 10.0. The van der Waals surface area contributed by atoms with Gasteiger partial charge in [0.05, 0.1) is 6.42 Å². The van der Waals surface area contributed by atoms with Gasteiger partial charge in [-0.3, -0.25) is 9.00 Å². The Morgan fingerprint density at radius 2 is 2.30 bits per heavy atom. The fraction of sp³-hybridized carbons (Fsp3) is 0.800. The van der Waals surface area contributed by atoms with Gasteiger partial charge >= 0.3 is 5.97 Å². The molecule has 0 heterocycles. The van der Waals surface area contributed by atoms with Gasteiger partial charge < -0.3 is 10.8 Å². The molecule has 0 aliphatic carbocycles. The molecule has 0 aliphatic rings. The van der Waals surface area contributed by atoms with Gasteiger partial charge in [0.2, 0.25) is 0 Å². The molecule has 4 nitrogen and oxygen atoms in total. The Labute approximate surface area is 61.9 Å². The molecule has 0 aliphatic heterocycles. The van der Waals surface area contributed by atoms with Crippen molar-refractivity contribution < 1.29 is 14.1 Å². The minimum absolute atomic E-state index is 0.112. The van der Waals surface area contributed by atoms with Gasteiger partial charge in [-0.1, -0.05) is 0 Å². The van der Waals surface area contributed by atoms with E-state index < -0.39 is 22.8 Å². The third-order valence-electron chi connectivity index (χ3n) is 0.886. The van der Waals surface area contributed by atoms with Crippen molar-refractivity contribution in [2.24, 2.45) is 5.73 Å². The van der Waals surface area contributed by atoms with Crippen LogP contribution in [-0.4, -0.2) is 33.3 Å². The summed E-state index contributed by atoms with van der Waals surface area (Å²) in [6.45, 7) is 0. The van der Waals surface area contributed by atoms with Crippen LogP contribution in [0.25, 0.3) is 0 Å². The highest BCUT2D eigenvalue weighted by molar-refractivity contribution is 7.84. The molecular weight excluding hydrogens is 154 g/mol. The van der Waals surface area contributed by atoms with Crippen LogP contribution in [0.4, 0.5) is 0 Å². The maximum atomic E-state index is 10.5. The molecule has 0 rings (SSSR count). The van der Waals surface area contributed by atoms with E-state index in [0.717, 1.165) is 0 Å². The van der Waals surface area contributed by atoms with Crippen molar-refractivity contribution in [2.45, 2.75) is 12.5 Å². The van der Waals surface area contributed by atoms with Gasteiger partial charge in [-0.25, -0.2) is 0 Å². The highest BCUT2D eigenvalue weighted by atomic mass is 32.2. The van der Waals surface area contributed by atoms with E-state index in [1.807, 2.05) is 0 Å². The number of hydrogen-bond donors (Lipinski definition) is 2. The summed E-state index contributed by atoms with van der Waals surface area (Å²) < 4.78 is 10.5. The van der Waals surface area contributed by atoms with E-state index in [-0.39, 0.29) is 12.2 Å². The highest BCUT2D eigenvalue weighted by Crippen LogP contribution is 1.89. The molecule has 5 heteroatoms. The van der Waals surface area contributed by atoms with Gasteiger partial charge in [0, 0.05) is 28.9 Å². The van der Waals surface area contributed by atoms with Crippen LogP contribution in [0.3, 0.4) is 0 Å². The van der Waals surface area contributed by atoms with Crippen LogP contribution in [0.1, 0.15) is 6.42 Å². The standard InChI is InChI=1S/C5H11NO3S/c1-10(9)3-4(6)2-5(7)8/h4H,2-3,6H2,1H3,(H,7,8)/t4-,10?/m0/s1. The molecule has 0 aromatic carbocycles. The first-order valence-electron chi connectivity index (χ1n) is 2.79. The number of nitrogens with two attached hydrogens (primary N) is 1. The molecule has 60 valence electrons. The number of rotatable bonds is 4. The van der Waals surface area contributed by atoms with Gasteiger partial charge in [0.1, 0.15) is 0 Å². The molecular formula is C5H11NO3S. The van der Waals surface area contributed by atoms with Crippen molar-refractivity contribution in [2.75, 3.05) is 12.0 Å². The number of aliphatic carboxylic acids is 1. The average Bonchev–Trinajstić information content (AvgIpc) is 1.58. The molecule has 10 heavy (non-hydrogen) atoms. The van der Waals surface area contributed by atoms with Gasteiger partial charge in [-0.05, 0) is 0 Å². The number of carboxylic acids is 1. The lowest BCUT2D eigenvalue weighted by molar-refractivity contribution is -0.137. The fourth-order valence-electron chi connectivity index (χ4n) is 0.585. The number of carboxylic acid groups (broad SMARTS) is 1. The lowest BCUT2D eigenvalue weighted by Gasteiger charge is -2.04. The van der Waals surface area contributed by atoms with Crippen LogP contribution in [0.15, 0.2) is 0 Å². The van der Waals surface area contributed by atoms with Crippen LogP contribution < -0.4 is 5.73 Å². The lowest BCUT2D eigenvalue weighted by atomic mass is 10.2. The normalized spacial score (nSPS) is 16.2. The topological polar surface area (TPSA) is 80.4 Å². The maximum absolute atomic E-state index is 10.5. The van der Waals surface area contributed by atoms with Crippen LogP contribution in [0, 0.1) is 0 Å². The zero-order valence-electron chi connectivity index (χ0n) is 5.74. The minimum atomic E-state index is -1.00. The number of carbonyl (C=O) groups is 1. The smallest absolute Gasteiger partial charge is 0.304 e. The molecule has 0 fully saturated rings. The quantitative estimate of drug-likeness (QED) is 0.569. The Morgan fingerprint density at radius 3 is 2.60 bits per heavy atom. The molecule has 0 amide bonds. The Morgan fingerprint density at radius 1 is 1.80 bits per heavy atom. The Bertz CT molecular complexity index is 132. The first-order valence-corrected chi connectivity index (χ1v) is 4.52. The molecule has 0 saturated heterocycles. The summed E-state index contributed by atoms with van der Waals surface area (Å²) in [5.74, 6) is -0.690. The minimum Gasteiger partial charge on any atom is -0.481 e. The predicted octanol–water partition coefficient (Wildman–Crippen LogP) is -0.833. The predicted molar refractivity (Wildman–Crippen MR) is 39.2 cm³/mol. The van der Waals surface area contributed by atoms with Crippen molar-refractivity contribution >= 4 is 16.8 Å². The van der Waals surface area contributed by atoms with Crippen molar-refractivity contribution in [3.8, 4) is 0 Å². The van der Waals surface area contributed by atoms with E-state index in [0.29, 0.717) is 0 Å². The SMILES string of the molecule is CS(=O)C[C@@H](N)CC(=O)O. The summed E-state index contributed by atoms with van der Waals surface area (Å²) in [6, 6.07) is -0.483. The molecule has 1 unspecified atom stereocenters. The maximum Gasteiger partial charge on any atom is 0.304 e. The average molecular weight is 165 g/mol. The monoisotopic (exact) mass is 165 g/mol. The second kappa shape index (κ2) is 4.40. The number of hydrogen-bond acceptors (Lipinski definition) is 3. The first kappa shape index (κ1) is 9.58. The molecule has 3 N–H and O–H groups in total. The van der Waals surface area contributed by atoms with E-state index in [4.69, 9.17) is 10.8 Å².